The molecule has 92 valence electrons. The zero-order chi connectivity index (χ0) is 12.0. The molecular weight excluding hydrogens is 202 g/mol. The number of aliphatic hydroxyl groups excluding tert-OH is 1. The third-order valence-corrected chi connectivity index (χ3v) is 3.46. The Labute approximate surface area is 97.7 Å². The van der Waals surface area contributed by atoms with Gasteiger partial charge in [0.25, 0.3) is 0 Å². The lowest BCUT2D eigenvalue weighted by molar-refractivity contribution is 0.127. The number of aromatic nitrogens is 2. The molecule has 16 heavy (non-hydrogen) atoms. The van der Waals surface area contributed by atoms with Crippen LogP contribution in [0.3, 0.4) is 0 Å². The first kappa shape index (κ1) is 13.0. The van der Waals surface area contributed by atoms with Crippen LogP contribution >= 0.6 is 0 Å². The van der Waals surface area contributed by atoms with Crippen LogP contribution in [-0.2, 0) is 6.54 Å². The van der Waals surface area contributed by atoms with Crippen molar-refractivity contribution in [3.8, 4) is 0 Å². The lowest BCUT2D eigenvalue weighted by atomic mass is 9.83. The Morgan fingerprint density at radius 2 is 2.06 bits per heavy atom. The second-order valence-electron chi connectivity index (χ2n) is 4.30. The summed E-state index contributed by atoms with van der Waals surface area (Å²) in [6.07, 6.45) is 5.79. The van der Waals surface area contributed by atoms with Crippen molar-refractivity contribution in [1.29, 1.82) is 0 Å². The second-order valence-corrected chi connectivity index (χ2v) is 4.30. The van der Waals surface area contributed by atoms with Crippen LogP contribution in [-0.4, -0.2) is 28.0 Å². The molecule has 0 spiro atoms. The summed E-state index contributed by atoms with van der Waals surface area (Å²) in [5.41, 5.74) is 1.02. The number of aliphatic hydroxyl groups is 1. The topological polar surface area (TPSA) is 50.1 Å². The minimum atomic E-state index is -0.00564. The third-order valence-electron chi connectivity index (χ3n) is 3.46. The van der Waals surface area contributed by atoms with E-state index >= 15 is 0 Å². The van der Waals surface area contributed by atoms with Gasteiger partial charge in [-0.15, -0.1) is 0 Å². The third kappa shape index (κ3) is 2.98. The van der Waals surface area contributed by atoms with Crippen molar-refractivity contribution in [1.82, 2.24) is 9.78 Å². The Balaban J connectivity index is 2.55. The van der Waals surface area contributed by atoms with E-state index in [1.54, 1.807) is 0 Å². The predicted octanol–water partition coefficient (Wildman–Crippen LogP) is 2.11. The number of nitrogens with one attached hydrogen (secondary N) is 1. The van der Waals surface area contributed by atoms with Gasteiger partial charge in [-0.05, 0) is 19.8 Å². The molecule has 0 amide bonds. The van der Waals surface area contributed by atoms with Gasteiger partial charge >= 0.3 is 0 Å². The van der Waals surface area contributed by atoms with Crippen LogP contribution in [0.15, 0.2) is 12.4 Å². The molecule has 0 aliphatic carbocycles. The van der Waals surface area contributed by atoms with Crippen molar-refractivity contribution < 1.29 is 5.11 Å². The van der Waals surface area contributed by atoms with Gasteiger partial charge in [-0.3, -0.25) is 4.68 Å². The van der Waals surface area contributed by atoms with E-state index in [1.165, 1.54) is 0 Å². The molecule has 0 saturated heterocycles. The normalized spacial score (nSPS) is 11.8. The number of rotatable bonds is 7. The van der Waals surface area contributed by atoms with Gasteiger partial charge < -0.3 is 10.4 Å². The SMILES string of the molecule is CCn1cc(NCC(CC)(CC)CO)cn1. The maximum atomic E-state index is 9.45. The van der Waals surface area contributed by atoms with E-state index in [9.17, 15) is 5.11 Å². The maximum absolute atomic E-state index is 9.45. The summed E-state index contributed by atoms with van der Waals surface area (Å²) < 4.78 is 1.89. The highest BCUT2D eigenvalue weighted by atomic mass is 16.3. The smallest absolute Gasteiger partial charge is 0.0726 e. The molecule has 0 fully saturated rings. The van der Waals surface area contributed by atoms with Gasteiger partial charge in [-0.2, -0.15) is 5.10 Å². The number of hydrogen-bond donors (Lipinski definition) is 2. The lowest BCUT2D eigenvalue weighted by Gasteiger charge is -2.29. The van der Waals surface area contributed by atoms with Crippen LogP contribution in [0.4, 0.5) is 5.69 Å². The standard InChI is InChI=1S/C12H23N3O/c1-4-12(5-2,10-16)9-13-11-7-14-15(6-3)8-11/h7-8,13,16H,4-6,9-10H2,1-3H3. The minimum absolute atomic E-state index is 0.00564. The number of aryl methyl sites for hydroxylation is 1. The predicted molar refractivity (Wildman–Crippen MR) is 66.5 cm³/mol. The molecule has 0 saturated carbocycles. The maximum Gasteiger partial charge on any atom is 0.0726 e. The van der Waals surface area contributed by atoms with Gasteiger partial charge in [0.15, 0.2) is 0 Å². The summed E-state index contributed by atoms with van der Waals surface area (Å²) in [6, 6.07) is 0. The molecular formula is C12H23N3O. The first-order valence-corrected chi connectivity index (χ1v) is 6.07. The summed E-state index contributed by atoms with van der Waals surface area (Å²) in [4.78, 5) is 0. The first-order valence-electron chi connectivity index (χ1n) is 6.07. The van der Waals surface area contributed by atoms with Crippen LogP contribution in [0.1, 0.15) is 33.6 Å². The van der Waals surface area contributed by atoms with Crippen molar-refractivity contribution in [3.63, 3.8) is 0 Å². The van der Waals surface area contributed by atoms with Crippen LogP contribution in [0, 0.1) is 5.41 Å². The molecule has 4 nitrogen and oxygen atoms in total. The van der Waals surface area contributed by atoms with Crippen LogP contribution in [0.25, 0.3) is 0 Å². The first-order chi connectivity index (χ1) is 7.69. The Kier molecular flexibility index (Phi) is 4.80. The molecule has 1 heterocycles. The monoisotopic (exact) mass is 225 g/mol. The molecule has 4 heteroatoms. The fourth-order valence-corrected chi connectivity index (χ4v) is 1.70. The quantitative estimate of drug-likeness (QED) is 0.747. The average molecular weight is 225 g/mol. The fraction of sp³-hybridized carbons (Fsp3) is 0.750. The highest BCUT2D eigenvalue weighted by Gasteiger charge is 2.24. The highest BCUT2D eigenvalue weighted by Crippen LogP contribution is 2.25. The largest absolute Gasteiger partial charge is 0.396 e. The number of nitrogens with zero attached hydrogens (tertiary/aromatic N) is 2. The van der Waals surface area contributed by atoms with Crippen molar-refractivity contribution >= 4 is 5.69 Å². The molecule has 0 bridgehead atoms. The van der Waals surface area contributed by atoms with Crippen LogP contribution in [0.5, 0.6) is 0 Å². The lowest BCUT2D eigenvalue weighted by Crippen LogP contribution is -2.32. The molecule has 0 atom stereocenters. The van der Waals surface area contributed by atoms with E-state index in [0.29, 0.717) is 0 Å². The molecule has 1 aromatic heterocycles. The molecule has 0 aromatic carbocycles. The van der Waals surface area contributed by atoms with E-state index in [0.717, 1.165) is 31.6 Å². The number of hydrogen-bond acceptors (Lipinski definition) is 3. The van der Waals surface area contributed by atoms with Crippen LogP contribution < -0.4 is 5.32 Å². The van der Waals surface area contributed by atoms with Crippen molar-refractivity contribution in [2.45, 2.75) is 40.2 Å². The zero-order valence-corrected chi connectivity index (χ0v) is 10.5. The van der Waals surface area contributed by atoms with E-state index in [2.05, 4.69) is 31.2 Å². The molecule has 0 radical (unpaired) electrons. The highest BCUT2D eigenvalue weighted by molar-refractivity contribution is 5.38. The van der Waals surface area contributed by atoms with Crippen molar-refractivity contribution in [2.75, 3.05) is 18.5 Å². The van der Waals surface area contributed by atoms with E-state index < -0.39 is 0 Å². The average Bonchev–Trinajstić information content (AvgIpc) is 2.80. The molecule has 2 N–H and O–H groups in total. The second kappa shape index (κ2) is 5.89. The Hall–Kier alpha value is -1.03. The fourth-order valence-electron chi connectivity index (χ4n) is 1.70. The Morgan fingerprint density at radius 1 is 1.38 bits per heavy atom. The van der Waals surface area contributed by atoms with Gasteiger partial charge in [-0.25, -0.2) is 0 Å². The van der Waals surface area contributed by atoms with Crippen LogP contribution in [0.2, 0.25) is 0 Å². The summed E-state index contributed by atoms with van der Waals surface area (Å²) >= 11 is 0. The number of anilines is 1. The minimum Gasteiger partial charge on any atom is -0.396 e. The van der Waals surface area contributed by atoms with Gasteiger partial charge in [0.1, 0.15) is 0 Å². The molecule has 0 unspecified atom stereocenters. The van der Waals surface area contributed by atoms with E-state index in [1.807, 2.05) is 17.1 Å². The zero-order valence-electron chi connectivity index (χ0n) is 10.5. The molecule has 0 aliphatic heterocycles. The van der Waals surface area contributed by atoms with Crippen molar-refractivity contribution in [2.24, 2.45) is 5.41 Å². The van der Waals surface area contributed by atoms with Crippen molar-refractivity contribution in [3.05, 3.63) is 12.4 Å². The summed E-state index contributed by atoms with van der Waals surface area (Å²) in [5.74, 6) is 0. The van der Waals surface area contributed by atoms with E-state index in [-0.39, 0.29) is 12.0 Å². The van der Waals surface area contributed by atoms with E-state index in [4.69, 9.17) is 0 Å². The summed E-state index contributed by atoms with van der Waals surface area (Å²) in [7, 11) is 0. The van der Waals surface area contributed by atoms with Gasteiger partial charge in [0.05, 0.1) is 18.5 Å². The molecule has 1 aromatic rings. The molecule has 1 rings (SSSR count). The summed E-state index contributed by atoms with van der Waals surface area (Å²) in [6.45, 7) is 8.22. The Morgan fingerprint density at radius 3 is 2.50 bits per heavy atom. The van der Waals surface area contributed by atoms with Gasteiger partial charge in [0.2, 0.25) is 0 Å². The van der Waals surface area contributed by atoms with Gasteiger partial charge in [-0.1, -0.05) is 13.8 Å². The summed E-state index contributed by atoms with van der Waals surface area (Å²) in [5, 5.41) is 17.0. The van der Waals surface area contributed by atoms with Gasteiger partial charge in [0, 0.05) is 24.7 Å². The molecule has 0 aliphatic rings. The Bertz CT molecular complexity index is 297.